The number of ketones is 2. The van der Waals surface area contributed by atoms with Gasteiger partial charge in [-0.1, -0.05) is 63.8 Å². The quantitative estimate of drug-likeness (QED) is 0.131. The molecule has 0 saturated heterocycles. The first-order valence-corrected chi connectivity index (χ1v) is 14.9. The Balaban J connectivity index is 1.44. The van der Waals surface area contributed by atoms with E-state index in [0.717, 1.165) is 61.4 Å². The number of carbonyl (C=O) groups excluding carboxylic acids is 2. The summed E-state index contributed by atoms with van der Waals surface area (Å²) < 4.78 is 11.7. The minimum Gasteiger partial charge on any atom is -0.494 e. The van der Waals surface area contributed by atoms with E-state index in [4.69, 9.17) is 9.47 Å². The lowest BCUT2D eigenvalue weighted by atomic mass is 9.82. The molecule has 0 saturated carbocycles. The first-order valence-electron chi connectivity index (χ1n) is 14.9. The van der Waals surface area contributed by atoms with Gasteiger partial charge in [0.05, 0.1) is 30.2 Å². The van der Waals surface area contributed by atoms with Gasteiger partial charge in [0.2, 0.25) is 0 Å². The van der Waals surface area contributed by atoms with Gasteiger partial charge < -0.3 is 20.1 Å². The maximum absolute atomic E-state index is 13.8. The van der Waals surface area contributed by atoms with Crippen molar-refractivity contribution in [3.8, 4) is 11.5 Å². The van der Waals surface area contributed by atoms with Crippen LogP contribution in [0.25, 0.3) is 0 Å². The highest BCUT2D eigenvalue weighted by Crippen LogP contribution is 2.39. The Bertz CT molecular complexity index is 1530. The smallest absolute Gasteiger partial charge is 0.196 e. The highest BCUT2D eigenvalue weighted by molar-refractivity contribution is 6.31. The summed E-state index contributed by atoms with van der Waals surface area (Å²) in [6.07, 6.45) is 6.63. The molecule has 0 radical (unpaired) electrons. The largest absolute Gasteiger partial charge is 0.494 e. The summed E-state index contributed by atoms with van der Waals surface area (Å²) in [4.78, 5) is 27.3. The number of ether oxygens (including phenoxy) is 2. The van der Waals surface area contributed by atoms with Crippen LogP contribution in [-0.4, -0.2) is 24.8 Å². The molecule has 6 heteroatoms. The van der Waals surface area contributed by atoms with Crippen molar-refractivity contribution in [1.82, 2.24) is 0 Å². The monoisotopic (exact) mass is 562 g/mol. The Morgan fingerprint density at radius 3 is 1.62 bits per heavy atom. The third kappa shape index (κ3) is 6.65. The van der Waals surface area contributed by atoms with Gasteiger partial charge >= 0.3 is 0 Å². The molecule has 4 aromatic carbocycles. The van der Waals surface area contributed by atoms with Crippen LogP contribution in [0.4, 0.5) is 22.7 Å². The number of nitrogens with one attached hydrogen (secondary N) is 2. The molecule has 0 bridgehead atoms. The average Bonchev–Trinajstić information content (AvgIpc) is 3.02. The molecule has 1 aliphatic carbocycles. The van der Waals surface area contributed by atoms with Gasteiger partial charge in [-0.05, 0) is 73.5 Å². The number of benzene rings is 4. The van der Waals surface area contributed by atoms with E-state index in [0.29, 0.717) is 46.8 Å². The van der Waals surface area contributed by atoms with Crippen molar-refractivity contribution < 1.29 is 19.1 Å². The van der Waals surface area contributed by atoms with Gasteiger partial charge in [0.1, 0.15) is 11.5 Å². The average molecular weight is 563 g/mol. The van der Waals surface area contributed by atoms with E-state index >= 15 is 0 Å². The number of unbranched alkanes of at least 4 members (excludes halogenated alkanes) is 4. The van der Waals surface area contributed by atoms with Gasteiger partial charge in [0, 0.05) is 28.1 Å². The second-order valence-corrected chi connectivity index (χ2v) is 10.5. The molecule has 6 nitrogen and oxygen atoms in total. The van der Waals surface area contributed by atoms with E-state index in [9.17, 15) is 9.59 Å². The van der Waals surface area contributed by atoms with Gasteiger partial charge in [-0.25, -0.2) is 0 Å². The van der Waals surface area contributed by atoms with E-state index in [1.165, 1.54) is 0 Å². The van der Waals surface area contributed by atoms with Gasteiger partial charge in [0.15, 0.2) is 11.6 Å². The van der Waals surface area contributed by atoms with Crippen LogP contribution in [0.5, 0.6) is 11.5 Å². The highest BCUT2D eigenvalue weighted by atomic mass is 16.5. The number of rotatable bonds is 14. The molecule has 1 aliphatic rings. The van der Waals surface area contributed by atoms with Crippen LogP contribution in [0, 0.1) is 0 Å². The van der Waals surface area contributed by atoms with Gasteiger partial charge in [-0.3, -0.25) is 9.59 Å². The first-order chi connectivity index (χ1) is 20.6. The Kier molecular flexibility index (Phi) is 9.55. The summed E-state index contributed by atoms with van der Waals surface area (Å²) in [7, 11) is 0. The van der Waals surface area contributed by atoms with Crippen LogP contribution in [0.2, 0.25) is 0 Å². The zero-order valence-corrected chi connectivity index (χ0v) is 24.4. The van der Waals surface area contributed by atoms with E-state index in [-0.39, 0.29) is 11.6 Å². The van der Waals surface area contributed by atoms with Crippen molar-refractivity contribution in [3.05, 3.63) is 107 Å². The summed E-state index contributed by atoms with van der Waals surface area (Å²) in [5.41, 5.74) is 4.45. The van der Waals surface area contributed by atoms with E-state index < -0.39 is 0 Å². The Hall–Kier alpha value is -4.58. The number of carbonyl (C=O) groups is 2. The minimum atomic E-state index is -0.182. The second kappa shape index (κ2) is 13.9. The lowest BCUT2D eigenvalue weighted by Crippen LogP contribution is -2.22. The number of anilines is 4. The summed E-state index contributed by atoms with van der Waals surface area (Å²) in [6, 6.07) is 26.0. The summed E-state index contributed by atoms with van der Waals surface area (Å²) >= 11 is 0. The van der Waals surface area contributed by atoms with Crippen LogP contribution < -0.4 is 20.1 Å². The molecule has 42 heavy (non-hydrogen) atoms. The minimum absolute atomic E-state index is 0.157. The van der Waals surface area contributed by atoms with E-state index in [2.05, 4.69) is 24.5 Å². The topological polar surface area (TPSA) is 76.7 Å². The van der Waals surface area contributed by atoms with Crippen LogP contribution in [0.15, 0.2) is 84.9 Å². The molecule has 0 heterocycles. The summed E-state index contributed by atoms with van der Waals surface area (Å²) in [6.45, 7) is 5.71. The van der Waals surface area contributed by atoms with Crippen LogP contribution >= 0.6 is 0 Å². The Morgan fingerprint density at radius 2 is 1.07 bits per heavy atom. The molecule has 4 aromatic rings. The first kappa shape index (κ1) is 28.9. The predicted molar refractivity (Wildman–Crippen MR) is 169 cm³/mol. The fourth-order valence-electron chi connectivity index (χ4n) is 5.07. The normalized spacial score (nSPS) is 12.0. The van der Waals surface area contributed by atoms with E-state index in [1.54, 1.807) is 30.3 Å². The highest BCUT2D eigenvalue weighted by Gasteiger charge is 2.32. The molecule has 0 amide bonds. The molecule has 2 N–H and O–H groups in total. The Morgan fingerprint density at radius 1 is 0.548 bits per heavy atom. The number of hydrogen-bond donors (Lipinski definition) is 2. The SMILES string of the molecule is CCCCCOc1ccc(Nc2ccc3c(c2Nc2ccc(OCCCCC)cc2)C(=O)c2ccccc2C3=O)cc1. The zero-order valence-electron chi connectivity index (χ0n) is 24.4. The van der Waals surface area contributed by atoms with Crippen molar-refractivity contribution in [2.24, 2.45) is 0 Å². The lowest BCUT2D eigenvalue weighted by Gasteiger charge is -2.24. The summed E-state index contributed by atoms with van der Waals surface area (Å²) in [5, 5.41) is 6.89. The lowest BCUT2D eigenvalue weighted by molar-refractivity contribution is 0.0980. The zero-order chi connectivity index (χ0) is 29.3. The van der Waals surface area contributed by atoms with Crippen LogP contribution in [0.1, 0.15) is 84.2 Å². The predicted octanol–water partition coefficient (Wildman–Crippen LogP) is 9.09. The molecule has 216 valence electrons. The maximum Gasteiger partial charge on any atom is 0.196 e. The van der Waals surface area contributed by atoms with Crippen molar-refractivity contribution >= 4 is 34.3 Å². The molecular weight excluding hydrogens is 524 g/mol. The fourth-order valence-corrected chi connectivity index (χ4v) is 5.07. The standard InChI is InChI=1S/C36H38N2O4/c1-3-5-9-23-41-27-17-13-25(14-18-27)37-32-22-21-31-33(36(40)30-12-8-7-11-29(30)35(31)39)34(32)38-26-15-19-28(20-16-26)42-24-10-6-4-2/h7-8,11-22,37-38H,3-6,9-10,23-24H2,1-2H3. The van der Waals surface area contributed by atoms with Gasteiger partial charge in [-0.15, -0.1) is 0 Å². The fraction of sp³-hybridized carbons (Fsp3) is 0.278. The van der Waals surface area contributed by atoms with Crippen molar-refractivity contribution in [1.29, 1.82) is 0 Å². The van der Waals surface area contributed by atoms with Gasteiger partial charge in [0.25, 0.3) is 0 Å². The summed E-state index contributed by atoms with van der Waals surface area (Å²) in [5.74, 6) is 1.27. The van der Waals surface area contributed by atoms with Crippen LogP contribution in [0.3, 0.4) is 0 Å². The molecule has 0 atom stereocenters. The van der Waals surface area contributed by atoms with Crippen molar-refractivity contribution in [2.75, 3.05) is 23.8 Å². The van der Waals surface area contributed by atoms with Crippen molar-refractivity contribution in [2.45, 2.75) is 52.4 Å². The molecule has 0 fully saturated rings. The third-order valence-electron chi connectivity index (χ3n) is 7.38. The Labute approximate surface area is 248 Å². The molecule has 5 rings (SSSR count). The van der Waals surface area contributed by atoms with E-state index in [1.807, 2.05) is 54.6 Å². The van der Waals surface area contributed by atoms with Gasteiger partial charge in [-0.2, -0.15) is 0 Å². The molecule has 0 spiro atoms. The number of fused-ring (bicyclic) bond motifs is 2. The molecule has 0 aliphatic heterocycles. The van der Waals surface area contributed by atoms with Crippen molar-refractivity contribution in [3.63, 3.8) is 0 Å². The molecular formula is C36H38N2O4. The third-order valence-corrected chi connectivity index (χ3v) is 7.38. The molecule has 0 aromatic heterocycles. The van der Waals surface area contributed by atoms with Crippen LogP contribution in [-0.2, 0) is 0 Å². The molecule has 0 unspecified atom stereocenters. The second-order valence-electron chi connectivity index (χ2n) is 10.5. The maximum atomic E-state index is 13.8. The number of hydrogen-bond acceptors (Lipinski definition) is 6.